The largest absolute Gasteiger partial charge is 0.362 e. The summed E-state index contributed by atoms with van der Waals surface area (Å²) in [7, 11) is 0. The molecule has 0 aromatic heterocycles. The summed E-state index contributed by atoms with van der Waals surface area (Å²) in [6, 6.07) is 19.6. The molecule has 0 radical (unpaired) electrons. The van der Waals surface area contributed by atoms with Crippen LogP contribution in [0.5, 0.6) is 0 Å². The number of benzene rings is 2. The molecule has 4 rings (SSSR count). The van der Waals surface area contributed by atoms with E-state index in [2.05, 4.69) is 11.8 Å². The molecule has 30 heavy (non-hydrogen) atoms. The Morgan fingerprint density at radius 1 is 0.800 bits per heavy atom. The van der Waals surface area contributed by atoms with E-state index in [1.165, 1.54) is 0 Å². The van der Waals surface area contributed by atoms with Crippen molar-refractivity contribution in [1.29, 1.82) is 0 Å². The van der Waals surface area contributed by atoms with Gasteiger partial charge in [-0.25, -0.2) is 0 Å². The lowest BCUT2D eigenvalue weighted by Gasteiger charge is -2.49. The maximum atomic E-state index is 6.41. The SMILES string of the molecule is C#CCO[C@@H]1[C@@H](OCC#C)[C@@H](c2ccccc2)O[C@@H]2CO[C@@H](c3ccccc3)O[C@@H]12. The van der Waals surface area contributed by atoms with E-state index < -0.39 is 24.6 Å². The van der Waals surface area contributed by atoms with Crippen LogP contribution < -0.4 is 0 Å². The third kappa shape index (κ3) is 4.42. The molecule has 0 aliphatic carbocycles. The minimum absolute atomic E-state index is 0.128. The summed E-state index contributed by atoms with van der Waals surface area (Å²) in [6.07, 6.45) is 8.35. The van der Waals surface area contributed by atoms with Gasteiger partial charge in [-0.3, -0.25) is 0 Å². The summed E-state index contributed by atoms with van der Waals surface area (Å²) in [4.78, 5) is 0. The van der Waals surface area contributed by atoms with Crippen molar-refractivity contribution >= 4 is 0 Å². The Morgan fingerprint density at radius 2 is 1.40 bits per heavy atom. The lowest BCUT2D eigenvalue weighted by atomic mass is 9.90. The number of hydrogen-bond donors (Lipinski definition) is 0. The van der Waals surface area contributed by atoms with Crippen molar-refractivity contribution in [3.05, 3.63) is 71.8 Å². The zero-order valence-electron chi connectivity index (χ0n) is 16.6. The van der Waals surface area contributed by atoms with Crippen LogP contribution in [0.25, 0.3) is 0 Å². The zero-order valence-corrected chi connectivity index (χ0v) is 16.6. The highest BCUT2D eigenvalue weighted by Gasteiger charge is 2.51. The van der Waals surface area contributed by atoms with Crippen LogP contribution in [-0.4, -0.2) is 44.2 Å². The van der Waals surface area contributed by atoms with E-state index in [1.54, 1.807) is 0 Å². The van der Waals surface area contributed by atoms with Gasteiger partial charge in [-0.15, -0.1) is 12.8 Å². The molecule has 5 nitrogen and oxygen atoms in total. The van der Waals surface area contributed by atoms with Crippen LogP contribution in [0.2, 0.25) is 0 Å². The van der Waals surface area contributed by atoms with E-state index in [9.17, 15) is 0 Å². The fourth-order valence-electron chi connectivity index (χ4n) is 3.93. The van der Waals surface area contributed by atoms with E-state index in [4.69, 9.17) is 36.5 Å². The van der Waals surface area contributed by atoms with Crippen LogP contribution in [-0.2, 0) is 23.7 Å². The van der Waals surface area contributed by atoms with E-state index >= 15 is 0 Å². The first kappa shape index (κ1) is 20.6. The van der Waals surface area contributed by atoms with Gasteiger partial charge in [0.1, 0.15) is 43.7 Å². The van der Waals surface area contributed by atoms with Gasteiger partial charge in [0.15, 0.2) is 6.29 Å². The molecule has 0 N–H and O–H groups in total. The van der Waals surface area contributed by atoms with Gasteiger partial charge in [-0.05, 0) is 5.56 Å². The summed E-state index contributed by atoms with van der Waals surface area (Å²) >= 11 is 0. The topological polar surface area (TPSA) is 46.2 Å². The Hall–Kier alpha value is -2.64. The Balaban J connectivity index is 1.64. The first-order chi connectivity index (χ1) is 14.8. The fraction of sp³-hybridized carbons (Fsp3) is 0.360. The summed E-state index contributed by atoms with van der Waals surface area (Å²) in [5, 5.41) is 0. The summed E-state index contributed by atoms with van der Waals surface area (Å²) in [5.41, 5.74) is 1.90. The van der Waals surface area contributed by atoms with Crippen LogP contribution in [0, 0.1) is 24.7 Å². The van der Waals surface area contributed by atoms with E-state index in [-0.39, 0.29) is 25.4 Å². The van der Waals surface area contributed by atoms with Crippen molar-refractivity contribution < 1.29 is 23.7 Å². The highest BCUT2D eigenvalue weighted by atomic mass is 16.7. The standard InChI is InChI=1S/C25H24O5/c1-3-15-26-23-21(18-11-7-5-8-12-18)29-20-17-28-25(19-13-9-6-10-14-19)30-22(20)24(23)27-16-4-2/h1-2,5-14,20-25H,15-17H2/t20-,21-,22-,23+,24+,25-/m1/s1. The summed E-state index contributed by atoms with van der Waals surface area (Å²) in [5.74, 6) is 5.07. The zero-order chi connectivity index (χ0) is 20.8. The molecular formula is C25H24O5. The lowest BCUT2D eigenvalue weighted by molar-refractivity contribution is -0.337. The van der Waals surface area contributed by atoms with Gasteiger partial charge in [0, 0.05) is 5.56 Å². The molecule has 2 aromatic rings. The molecule has 0 saturated carbocycles. The molecule has 0 bridgehead atoms. The highest BCUT2D eigenvalue weighted by molar-refractivity contribution is 5.22. The molecule has 2 saturated heterocycles. The van der Waals surface area contributed by atoms with Gasteiger partial charge in [0.05, 0.1) is 6.61 Å². The summed E-state index contributed by atoms with van der Waals surface area (Å²) in [6.45, 7) is 0.625. The second-order valence-corrected chi connectivity index (χ2v) is 7.14. The fourth-order valence-corrected chi connectivity index (χ4v) is 3.93. The van der Waals surface area contributed by atoms with Crippen LogP contribution in [0.3, 0.4) is 0 Å². The van der Waals surface area contributed by atoms with Gasteiger partial charge in [0.2, 0.25) is 0 Å². The molecule has 5 heteroatoms. The molecule has 2 aromatic carbocycles. The predicted octanol–water partition coefficient (Wildman–Crippen LogP) is 3.28. The Labute approximate surface area is 177 Å². The Kier molecular flexibility index (Phi) is 6.81. The number of hydrogen-bond acceptors (Lipinski definition) is 5. The average molecular weight is 404 g/mol. The minimum atomic E-state index is -0.519. The van der Waals surface area contributed by atoms with Crippen molar-refractivity contribution in [2.45, 2.75) is 36.8 Å². The monoisotopic (exact) mass is 404 g/mol. The van der Waals surface area contributed by atoms with Crippen molar-refractivity contribution in [2.75, 3.05) is 19.8 Å². The molecular weight excluding hydrogens is 380 g/mol. The van der Waals surface area contributed by atoms with Crippen LogP contribution in [0.4, 0.5) is 0 Å². The van der Waals surface area contributed by atoms with Crippen molar-refractivity contribution in [2.24, 2.45) is 0 Å². The van der Waals surface area contributed by atoms with Gasteiger partial charge < -0.3 is 23.7 Å². The predicted molar refractivity (Wildman–Crippen MR) is 111 cm³/mol. The number of rotatable bonds is 6. The van der Waals surface area contributed by atoms with E-state index in [1.807, 2.05) is 60.7 Å². The van der Waals surface area contributed by atoms with E-state index in [0.717, 1.165) is 11.1 Å². The molecule has 2 fully saturated rings. The molecule has 2 aliphatic rings. The molecule has 0 amide bonds. The second-order valence-electron chi connectivity index (χ2n) is 7.14. The van der Waals surface area contributed by atoms with Crippen LogP contribution >= 0.6 is 0 Å². The first-order valence-corrected chi connectivity index (χ1v) is 9.94. The minimum Gasteiger partial charge on any atom is -0.362 e. The van der Waals surface area contributed by atoms with Gasteiger partial charge >= 0.3 is 0 Å². The van der Waals surface area contributed by atoms with Crippen molar-refractivity contribution in [3.63, 3.8) is 0 Å². The normalized spacial score (nSPS) is 30.6. The third-order valence-corrected chi connectivity index (χ3v) is 5.24. The average Bonchev–Trinajstić information content (AvgIpc) is 2.82. The molecule has 0 unspecified atom stereocenters. The molecule has 2 aliphatic heterocycles. The molecule has 6 atom stereocenters. The van der Waals surface area contributed by atoms with E-state index in [0.29, 0.717) is 6.61 Å². The summed E-state index contributed by atoms with van der Waals surface area (Å²) < 4.78 is 30.8. The maximum absolute atomic E-state index is 6.41. The Bertz CT molecular complexity index is 885. The molecule has 2 heterocycles. The van der Waals surface area contributed by atoms with Gasteiger partial charge in [-0.1, -0.05) is 72.5 Å². The van der Waals surface area contributed by atoms with Gasteiger partial charge in [0.25, 0.3) is 0 Å². The first-order valence-electron chi connectivity index (χ1n) is 9.94. The quantitative estimate of drug-likeness (QED) is 0.692. The van der Waals surface area contributed by atoms with Crippen molar-refractivity contribution in [3.8, 4) is 24.7 Å². The highest BCUT2D eigenvalue weighted by Crippen LogP contribution is 2.41. The molecule has 0 spiro atoms. The number of ether oxygens (including phenoxy) is 5. The van der Waals surface area contributed by atoms with Crippen molar-refractivity contribution in [1.82, 2.24) is 0 Å². The lowest BCUT2D eigenvalue weighted by Crippen LogP contribution is -2.60. The van der Waals surface area contributed by atoms with Crippen LogP contribution in [0.1, 0.15) is 23.5 Å². The smallest absolute Gasteiger partial charge is 0.184 e. The maximum Gasteiger partial charge on any atom is 0.184 e. The number of fused-ring (bicyclic) bond motifs is 1. The number of terminal acetylenes is 2. The third-order valence-electron chi connectivity index (χ3n) is 5.24. The second kappa shape index (κ2) is 9.91. The Morgan fingerprint density at radius 3 is 2.03 bits per heavy atom. The molecule has 154 valence electrons. The van der Waals surface area contributed by atoms with Crippen LogP contribution in [0.15, 0.2) is 60.7 Å². The van der Waals surface area contributed by atoms with Gasteiger partial charge in [-0.2, -0.15) is 0 Å².